The summed E-state index contributed by atoms with van der Waals surface area (Å²) < 4.78 is 0. The Bertz CT molecular complexity index is 593. The van der Waals surface area contributed by atoms with Crippen LogP contribution in [0.3, 0.4) is 0 Å². The molecule has 0 heterocycles. The fourth-order valence-corrected chi connectivity index (χ4v) is 3.46. The molecule has 1 amide bonds. The van der Waals surface area contributed by atoms with E-state index in [9.17, 15) is 14.7 Å². The molecule has 0 aliphatic heterocycles. The number of allylic oxidation sites excluding steroid dienone is 2. The molecule has 1 fully saturated rings. The van der Waals surface area contributed by atoms with E-state index in [2.05, 4.69) is 5.32 Å². The summed E-state index contributed by atoms with van der Waals surface area (Å²) in [5, 5.41) is 12.2. The molecule has 1 aromatic rings. The van der Waals surface area contributed by atoms with E-state index < -0.39 is 17.8 Å². The molecule has 3 rings (SSSR count). The third kappa shape index (κ3) is 2.11. The minimum Gasteiger partial charge on any atom is -0.481 e. The summed E-state index contributed by atoms with van der Waals surface area (Å²) >= 11 is 0. The molecule has 20 heavy (non-hydrogen) atoms. The molecule has 4 heteroatoms. The summed E-state index contributed by atoms with van der Waals surface area (Å²) in [6.07, 6.45) is 4.72. The molecular weight excluding hydrogens is 254 g/mol. The van der Waals surface area contributed by atoms with Crippen LogP contribution in [0.2, 0.25) is 0 Å². The Hall–Kier alpha value is -2.10. The molecule has 2 aliphatic rings. The maximum absolute atomic E-state index is 12.4. The number of rotatable bonds is 3. The zero-order valence-electron chi connectivity index (χ0n) is 11.2. The van der Waals surface area contributed by atoms with Crippen molar-refractivity contribution in [3.05, 3.63) is 42.0 Å². The Morgan fingerprint density at radius 1 is 1.20 bits per heavy atom. The maximum atomic E-state index is 12.4. The van der Waals surface area contributed by atoms with E-state index >= 15 is 0 Å². The predicted molar refractivity (Wildman–Crippen MR) is 75.2 cm³/mol. The molecule has 2 N–H and O–H groups in total. The molecule has 104 valence electrons. The van der Waals surface area contributed by atoms with Gasteiger partial charge in [-0.1, -0.05) is 24.3 Å². The SMILES string of the molecule is Cc1cccc(NC(=O)[C@@H]2[C@H](C(=O)O)[C@@H]3C=C[C@H]2C3)c1. The van der Waals surface area contributed by atoms with Crippen molar-refractivity contribution < 1.29 is 14.7 Å². The molecule has 0 saturated heterocycles. The van der Waals surface area contributed by atoms with Gasteiger partial charge in [0.05, 0.1) is 11.8 Å². The van der Waals surface area contributed by atoms with Gasteiger partial charge in [0.25, 0.3) is 0 Å². The van der Waals surface area contributed by atoms with Crippen LogP contribution in [0.15, 0.2) is 36.4 Å². The van der Waals surface area contributed by atoms with E-state index in [1.54, 1.807) is 0 Å². The van der Waals surface area contributed by atoms with Gasteiger partial charge in [0.1, 0.15) is 0 Å². The minimum atomic E-state index is -0.869. The zero-order valence-corrected chi connectivity index (χ0v) is 11.2. The van der Waals surface area contributed by atoms with Crippen molar-refractivity contribution in [2.24, 2.45) is 23.7 Å². The Morgan fingerprint density at radius 3 is 2.55 bits per heavy atom. The molecule has 0 unspecified atom stereocenters. The number of hydrogen-bond donors (Lipinski definition) is 2. The molecule has 4 atom stereocenters. The number of aryl methyl sites for hydroxylation is 1. The van der Waals surface area contributed by atoms with Crippen molar-refractivity contribution >= 4 is 17.6 Å². The lowest BCUT2D eigenvalue weighted by atomic mass is 9.82. The van der Waals surface area contributed by atoms with Crippen molar-refractivity contribution in [2.45, 2.75) is 13.3 Å². The molecule has 0 aromatic heterocycles. The average molecular weight is 271 g/mol. The Kier molecular flexibility index (Phi) is 3.08. The summed E-state index contributed by atoms with van der Waals surface area (Å²) in [5.41, 5.74) is 1.79. The highest BCUT2D eigenvalue weighted by atomic mass is 16.4. The van der Waals surface area contributed by atoms with Crippen molar-refractivity contribution in [1.29, 1.82) is 0 Å². The largest absolute Gasteiger partial charge is 0.481 e. The average Bonchev–Trinajstić information content (AvgIpc) is 2.98. The summed E-state index contributed by atoms with van der Waals surface area (Å²) in [6.45, 7) is 1.95. The monoisotopic (exact) mass is 271 g/mol. The van der Waals surface area contributed by atoms with Gasteiger partial charge in [0.2, 0.25) is 5.91 Å². The summed E-state index contributed by atoms with van der Waals surface area (Å²) in [5.74, 6) is -2.03. The fourth-order valence-electron chi connectivity index (χ4n) is 3.46. The maximum Gasteiger partial charge on any atom is 0.307 e. The standard InChI is InChI=1S/C16H17NO3/c1-9-3-2-4-12(7-9)17-15(18)13-10-5-6-11(8-10)14(13)16(19)20/h2-7,10-11,13-14H,8H2,1H3,(H,17,18)(H,19,20)/t10-,11+,13-,14+/m0/s1. The van der Waals surface area contributed by atoms with Crippen molar-refractivity contribution in [3.8, 4) is 0 Å². The van der Waals surface area contributed by atoms with Crippen molar-refractivity contribution in [1.82, 2.24) is 0 Å². The first kappa shape index (κ1) is 12.9. The van der Waals surface area contributed by atoms with Crippen LogP contribution < -0.4 is 5.32 Å². The van der Waals surface area contributed by atoms with E-state index in [-0.39, 0.29) is 17.7 Å². The molecule has 0 radical (unpaired) electrons. The molecular formula is C16H17NO3. The van der Waals surface area contributed by atoms with Gasteiger partial charge in [-0.25, -0.2) is 0 Å². The van der Waals surface area contributed by atoms with Gasteiger partial charge >= 0.3 is 5.97 Å². The lowest BCUT2D eigenvalue weighted by Crippen LogP contribution is -2.36. The van der Waals surface area contributed by atoms with Crippen LogP contribution in [0, 0.1) is 30.6 Å². The number of carbonyl (C=O) groups is 2. The number of carbonyl (C=O) groups excluding carboxylic acids is 1. The van der Waals surface area contributed by atoms with E-state index in [0.29, 0.717) is 0 Å². The first-order chi connectivity index (χ1) is 9.56. The fraction of sp³-hybridized carbons (Fsp3) is 0.375. The third-order valence-electron chi connectivity index (χ3n) is 4.33. The number of hydrogen-bond acceptors (Lipinski definition) is 2. The van der Waals surface area contributed by atoms with Crippen LogP contribution >= 0.6 is 0 Å². The zero-order chi connectivity index (χ0) is 14.3. The quantitative estimate of drug-likeness (QED) is 0.830. The first-order valence-corrected chi connectivity index (χ1v) is 6.85. The van der Waals surface area contributed by atoms with Gasteiger partial charge in [-0.05, 0) is 42.9 Å². The molecule has 0 spiro atoms. The molecule has 2 bridgehead atoms. The highest BCUT2D eigenvalue weighted by Crippen LogP contribution is 2.48. The first-order valence-electron chi connectivity index (χ1n) is 6.85. The number of amides is 1. The number of benzene rings is 1. The number of anilines is 1. The Morgan fingerprint density at radius 2 is 1.90 bits per heavy atom. The van der Waals surface area contributed by atoms with Gasteiger partial charge in [-0.2, -0.15) is 0 Å². The van der Waals surface area contributed by atoms with Crippen LogP contribution in [-0.4, -0.2) is 17.0 Å². The van der Waals surface area contributed by atoms with Gasteiger partial charge < -0.3 is 10.4 Å². The summed E-state index contributed by atoms with van der Waals surface area (Å²) in [4.78, 5) is 23.8. The minimum absolute atomic E-state index is 0.00533. The lowest BCUT2D eigenvalue weighted by Gasteiger charge is -2.23. The van der Waals surface area contributed by atoms with Gasteiger partial charge in [0.15, 0.2) is 0 Å². The second kappa shape index (κ2) is 4.78. The third-order valence-corrected chi connectivity index (χ3v) is 4.33. The van der Waals surface area contributed by atoms with Crippen LogP contribution in [0.1, 0.15) is 12.0 Å². The van der Waals surface area contributed by atoms with Gasteiger partial charge in [-0.15, -0.1) is 0 Å². The molecule has 2 aliphatic carbocycles. The Labute approximate surface area is 117 Å². The van der Waals surface area contributed by atoms with Crippen LogP contribution in [0.5, 0.6) is 0 Å². The number of carboxylic acid groups (broad SMARTS) is 1. The summed E-state index contributed by atoms with van der Waals surface area (Å²) in [6, 6.07) is 7.54. The van der Waals surface area contributed by atoms with Gasteiger partial charge in [0, 0.05) is 5.69 Å². The second-order valence-corrected chi connectivity index (χ2v) is 5.70. The van der Waals surface area contributed by atoms with Crippen molar-refractivity contribution in [3.63, 3.8) is 0 Å². The van der Waals surface area contributed by atoms with Gasteiger partial charge in [-0.3, -0.25) is 9.59 Å². The van der Waals surface area contributed by atoms with E-state index in [1.807, 2.05) is 43.3 Å². The number of aliphatic carboxylic acids is 1. The van der Waals surface area contributed by atoms with Crippen LogP contribution in [0.4, 0.5) is 5.69 Å². The molecule has 4 nitrogen and oxygen atoms in total. The van der Waals surface area contributed by atoms with E-state index in [4.69, 9.17) is 0 Å². The molecule has 1 saturated carbocycles. The van der Waals surface area contributed by atoms with Crippen molar-refractivity contribution in [2.75, 3.05) is 5.32 Å². The summed E-state index contributed by atoms with van der Waals surface area (Å²) in [7, 11) is 0. The normalized spacial score (nSPS) is 30.4. The smallest absolute Gasteiger partial charge is 0.307 e. The number of fused-ring (bicyclic) bond motifs is 2. The number of nitrogens with one attached hydrogen (secondary N) is 1. The predicted octanol–water partition coefficient (Wildman–Crippen LogP) is 2.46. The highest BCUT2D eigenvalue weighted by Gasteiger charge is 2.51. The number of carboxylic acids is 1. The second-order valence-electron chi connectivity index (χ2n) is 5.70. The topological polar surface area (TPSA) is 66.4 Å². The molecule has 1 aromatic carbocycles. The van der Waals surface area contributed by atoms with E-state index in [1.165, 1.54) is 0 Å². The lowest BCUT2D eigenvalue weighted by molar-refractivity contribution is -0.146. The van der Waals surface area contributed by atoms with Crippen LogP contribution in [0.25, 0.3) is 0 Å². The van der Waals surface area contributed by atoms with E-state index in [0.717, 1.165) is 17.7 Å². The Balaban J connectivity index is 1.80. The van der Waals surface area contributed by atoms with Crippen LogP contribution in [-0.2, 0) is 9.59 Å². The highest BCUT2D eigenvalue weighted by molar-refractivity contribution is 5.96.